The summed E-state index contributed by atoms with van der Waals surface area (Å²) in [4.78, 5) is 26.6. The quantitative estimate of drug-likeness (QED) is 0.317. The summed E-state index contributed by atoms with van der Waals surface area (Å²) in [6.45, 7) is 0. The Morgan fingerprint density at radius 1 is 1.00 bits per heavy atom. The molecule has 1 heterocycles. The van der Waals surface area contributed by atoms with Gasteiger partial charge in [-0.3, -0.25) is 9.59 Å². The van der Waals surface area contributed by atoms with Gasteiger partial charge in [0.25, 0.3) is 5.91 Å². The van der Waals surface area contributed by atoms with E-state index < -0.39 is 17.6 Å². The zero-order valence-corrected chi connectivity index (χ0v) is 19.7. The third-order valence-corrected chi connectivity index (χ3v) is 5.93. The minimum Gasteiger partial charge on any atom is -0.322 e. The molecule has 3 aromatic carbocycles. The lowest BCUT2D eigenvalue weighted by Crippen LogP contribution is -2.26. The monoisotopic (exact) mass is 508 g/mol. The van der Waals surface area contributed by atoms with Crippen LogP contribution < -0.4 is 10.2 Å². The molecule has 1 aromatic heterocycles. The van der Waals surface area contributed by atoms with Crippen molar-refractivity contribution in [2.75, 3.05) is 17.3 Å². The fourth-order valence-corrected chi connectivity index (χ4v) is 3.99. The van der Waals surface area contributed by atoms with Crippen molar-refractivity contribution >= 4 is 40.6 Å². The minimum atomic E-state index is -4.51. The van der Waals surface area contributed by atoms with Crippen molar-refractivity contribution in [1.29, 1.82) is 0 Å². The second kappa shape index (κ2) is 10.5. The van der Waals surface area contributed by atoms with Gasteiger partial charge in [-0.25, -0.2) is 0 Å². The maximum Gasteiger partial charge on any atom is 0.416 e. The van der Waals surface area contributed by atoms with Gasteiger partial charge in [-0.2, -0.15) is 13.2 Å². The number of amides is 2. The number of carbonyl (C=O) groups is 2. The molecule has 0 atom stereocenters. The largest absolute Gasteiger partial charge is 0.416 e. The molecule has 10 heteroatoms. The van der Waals surface area contributed by atoms with E-state index in [1.54, 1.807) is 48.0 Å². The molecule has 0 bridgehead atoms. The van der Waals surface area contributed by atoms with Crippen LogP contribution in [-0.2, 0) is 11.0 Å². The molecule has 0 saturated carbocycles. The van der Waals surface area contributed by atoms with E-state index in [0.717, 1.165) is 22.6 Å². The average molecular weight is 509 g/mol. The van der Waals surface area contributed by atoms with E-state index in [2.05, 4.69) is 15.5 Å². The summed E-state index contributed by atoms with van der Waals surface area (Å²) in [6, 6.07) is 18.2. The highest BCUT2D eigenvalue weighted by Crippen LogP contribution is 2.32. The number of benzene rings is 3. The highest BCUT2D eigenvalue weighted by Gasteiger charge is 2.31. The SMILES string of the molecule is CN(C(=O)c1cccc(/C=C/C(=O)Nc2ccccc2-c2nncs2)c1)c1cccc(C(F)(F)F)c1. The minimum absolute atomic E-state index is 0.115. The predicted molar refractivity (Wildman–Crippen MR) is 134 cm³/mol. The fraction of sp³-hybridized carbons (Fsp3) is 0.0769. The Morgan fingerprint density at radius 2 is 1.78 bits per heavy atom. The number of aromatic nitrogens is 2. The van der Waals surface area contributed by atoms with Crippen molar-refractivity contribution in [2.45, 2.75) is 6.18 Å². The predicted octanol–water partition coefficient (Wildman–Crippen LogP) is 6.15. The number of hydrogen-bond donors (Lipinski definition) is 1. The number of anilines is 2. The normalized spacial score (nSPS) is 11.4. The summed E-state index contributed by atoms with van der Waals surface area (Å²) in [6.07, 6.45) is -1.64. The van der Waals surface area contributed by atoms with Gasteiger partial charge in [0.2, 0.25) is 5.91 Å². The molecule has 182 valence electrons. The van der Waals surface area contributed by atoms with E-state index >= 15 is 0 Å². The maximum absolute atomic E-state index is 13.0. The van der Waals surface area contributed by atoms with Crippen LogP contribution in [0.25, 0.3) is 16.6 Å². The van der Waals surface area contributed by atoms with Crippen LogP contribution in [-0.4, -0.2) is 29.1 Å². The molecule has 0 spiro atoms. The first kappa shape index (κ1) is 24.8. The van der Waals surface area contributed by atoms with E-state index in [1.165, 1.54) is 36.6 Å². The standard InChI is InChI=1S/C26H19F3N4O2S/c1-33(20-9-5-8-19(15-20)26(27,28)29)25(35)18-7-4-6-17(14-18)12-13-23(34)31-22-11-3-2-10-21(22)24-32-30-16-36-24/h2-16H,1H3,(H,31,34)/b13-12+. The van der Waals surface area contributed by atoms with E-state index in [-0.39, 0.29) is 17.2 Å². The van der Waals surface area contributed by atoms with E-state index in [9.17, 15) is 22.8 Å². The number of carbonyl (C=O) groups excluding carboxylic acids is 2. The summed E-state index contributed by atoms with van der Waals surface area (Å²) < 4.78 is 39.1. The van der Waals surface area contributed by atoms with Crippen LogP contribution in [0, 0.1) is 0 Å². The van der Waals surface area contributed by atoms with Gasteiger partial charge in [0.15, 0.2) is 0 Å². The van der Waals surface area contributed by atoms with Gasteiger partial charge in [0, 0.05) is 29.9 Å². The van der Waals surface area contributed by atoms with Gasteiger partial charge in [0.05, 0.1) is 11.3 Å². The number of para-hydroxylation sites is 1. The topological polar surface area (TPSA) is 75.2 Å². The molecule has 0 fully saturated rings. The number of nitrogens with zero attached hydrogens (tertiary/aromatic N) is 3. The van der Waals surface area contributed by atoms with Crippen LogP contribution in [0.4, 0.5) is 24.5 Å². The zero-order valence-electron chi connectivity index (χ0n) is 18.9. The second-order valence-electron chi connectivity index (χ2n) is 7.65. The fourth-order valence-electron chi connectivity index (χ4n) is 3.39. The van der Waals surface area contributed by atoms with Crippen molar-refractivity contribution in [3.8, 4) is 10.6 Å². The first-order valence-corrected chi connectivity index (χ1v) is 11.5. The van der Waals surface area contributed by atoms with Crippen molar-refractivity contribution < 1.29 is 22.8 Å². The number of halogens is 3. The third kappa shape index (κ3) is 5.84. The van der Waals surface area contributed by atoms with Gasteiger partial charge >= 0.3 is 6.18 Å². The Bertz CT molecular complexity index is 1420. The molecular formula is C26H19F3N4O2S. The molecule has 0 aliphatic heterocycles. The molecule has 36 heavy (non-hydrogen) atoms. The highest BCUT2D eigenvalue weighted by atomic mass is 32.1. The van der Waals surface area contributed by atoms with Crippen molar-refractivity contribution in [1.82, 2.24) is 10.2 Å². The molecule has 2 amide bonds. The Morgan fingerprint density at radius 3 is 2.53 bits per heavy atom. The van der Waals surface area contributed by atoms with Crippen LogP contribution in [0.15, 0.2) is 84.4 Å². The van der Waals surface area contributed by atoms with Gasteiger partial charge in [-0.1, -0.05) is 41.7 Å². The van der Waals surface area contributed by atoms with Gasteiger partial charge in [-0.05, 0) is 54.1 Å². The Balaban J connectivity index is 1.47. The number of nitrogens with one attached hydrogen (secondary N) is 1. The van der Waals surface area contributed by atoms with Crippen LogP contribution >= 0.6 is 11.3 Å². The number of alkyl halides is 3. The first-order valence-electron chi connectivity index (χ1n) is 10.6. The molecular weight excluding hydrogens is 489 g/mol. The van der Waals surface area contributed by atoms with Crippen LogP contribution in [0.1, 0.15) is 21.5 Å². The molecule has 0 saturated heterocycles. The van der Waals surface area contributed by atoms with E-state index in [0.29, 0.717) is 16.3 Å². The van der Waals surface area contributed by atoms with Crippen molar-refractivity contribution in [3.63, 3.8) is 0 Å². The molecule has 0 radical (unpaired) electrons. The Kier molecular flexibility index (Phi) is 7.25. The summed E-state index contributed by atoms with van der Waals surface area (Å²) in [5.41, 5.74) is 3.04. The molecule has 6 nitrogen and oxygen atoms in total. The number of hydrogen-bond acceptors (Lipinski definition) is 5. The lowest BCUT2D eigenvalue weighted by Gasteiger charge is -2.19. The van der Waals surface area contributed by atoms with Gasteiger partial charge < -0.3 is 10.2 Å². The van der Waals surface area contributed by atoms with Crippen LogP contribution in [0.5, 0.6) is 0 Å². The zero-order chi connectivity index (χ0) is 25.7. The van der Waals surface area contributed by atoms with Crippen LogP contribution in [0.3, 0.4) is 0 Å². The van der Waals surface area contributed by atoms with Crippen molar-refractivity contribution in [3.05, 3.63) is 101 Å². The molecule has 4 rings (SSSR count). The summed E-state index contributed by atoms with van der Waals surface area (Å²) in [5.74, 6) is -0.871. The summed E-state index contributed by atoms with van der Waals surface area (Å²) in [5, 5.41) is 11.3. The molecule has 0 aliphatic rings. The lowest BCUT2D eigenvalue weighted by atomic mass is 10.1. The van der Waals surface area contributed by atoms with Crippen molar-refractivity contribution in [2.24, 2.45) is 0 Å². The smallest absolute Gasteiger partial charge is 0.322 e. The van der Waals surface area contributed by atoms with Gasteiger partial charge in [0.1, 0.15) is 10.5 Å². The first-order chi connectivity index (χ1) is 17.2. The molecule has 1 N–H and O–H groups in total. The highest BCUT2D eigenvalue weighted by molar-refractivity contribution is 7.12. The molecule has 0 unspecified atom stereocenters. The number of rotatable bonds is 6. The lowest BCUT2D eigenvalue weighted by molar-refractivity contribution is -0.137. The van der Waals surface area contributed by atoms with E-state index in [4.69, 9.17) is 0 Å². The molecule has 4 aromatic rings. The summed E-state index contributed by atoms with van der Waals surface area (Å²) >= 11 is 1.35. The summed E-state index contributed by atoms with van der Waals surface area (Å²) in [7, 11) is 1.41. The van der Waals surface area contributed by atoms with Gasteiger partial charge in [-0.15, -0.1) is 10.2 Å². The Hall–Kier alpha value is -4.31. The average Bonchev–Trinajstić information content (AvgIpc) is 3.41. The van der Waals surface area contributed by atoms with Crippen LogP contribution in [0.2, 0.25) is 0 Å². The second-order valence-corrected chi connectivity index (χ2v) is 8.48. The van der Waals surface area contributed by atoms with E-state index in [1.807, 2.05) is 12.1 Å². The molecule has 0 aliphatic carbocycles. The Labute approximate surface area is 208 Å². The third-order valence-electron chi connectivity index (χ3n) is 5.20. The maximum atomic E-state index is 13.0.